The average Bonchev–Trinajstić information content (AvgIpc) is 3.30. The van der Waals surface area contributed by atoms with Gasteiger partial charge in [-0.25, -0.2) is 4.39 Å². The van der Waals surface area contributed by atoms with Crippen molar-refractivity contribution >= 4 is 23.7 Å². The summed E-state index contributed by atoms with van der Waals surface area (Å²) in [5, 5.41) is 18.7. The quantitative estimate of drug-likeness (QED) is 0.458. The topological polar surface area (TPSA) is 53.8 Å². The minimum absolute atomic E-state index is 0.171. The van der Waals surface area contributed by atoms with Crippen molar-refractivity contribution in [1.29, 1.82) is 5.41 Å². The van der Waals surface area contributed by atoms with Crippen LogP contribution in [-0.4, -0.2) is 67.1 Å². The van der Waals surface area contributed by atoms with Gasteiger partial charge in [0.15, 0.2) is 11.6 Å². The lowest BCUT2D eigenvalue weighted by Crippen LogP contribution is -2.47. The molecule has 2 aliphatic heterocycles. The van der Waals surface area contributed by atoms with E-state index in [4.69, 9.17) is 5.41 Å². The second kappa shape index (κ2) is 8.88. The van der Waals surface area contributed by atoms with Crippen LogP contribution in [0.25, 0.3) is 12.2 Å². The van der Waals surface area contributed by atoms with Crippen molar-refractivity contribution in [2.45, 2.75) is 12.8 Å². The van der Waals surface area contributed by atoms with E-state index in [0.29, 0.717) is 18.7 Å². The minimum atomic E-state index is -0.699. The van der Waals surface area contributed by atoms with E-state index < -0.39 is 11.6 Å². The molecule has 2 N–H and O–H groups in total. The number of piperazine rings is 1. The molecule has 0 unspecified atom stereocenters. The number of phenolic OH excluding ortho intramolecular Hbond substituents is 1. The molecule has 2 aromatic rings. The van der Waals surface area contributed by atoms with Crippen LogP contribution in [0.1, 0.15) is 29.5 Å². The molecule has 2 heterocycles. The molecule has 0 bridgehead atoms. The van der Waals surface area contributed by atoms with Crippen LogP contribution < -0.4 is 4.90 Å². The second-order valence-electron chi connectivity index (χ2n) is 8.16. The van der Waals surface area contributed by atoms with Gasteiger partial charge in [-0.3, -0.25) is 5.41 Å². The first-order valence-electron chi connectivity index (χ1n) is 10.6. The number of rotatable bonds is 4. The van der Waals surface area contributed by atoms with Crippen molar-refractivity contribution in [3.05, 3.63) is 58.9 Å². The summed E-state index contributed by atoms with van der Waals surface area (Å²) in [4.78, 5) is 6.47. The molecular weight excluding hydrogens is 379 g/mol. The third-order valence-corrected chi connectivity index (χ3v) is 5.99. The summed E-state index contributed by atoms with van der Waals surface area (Å²) in [6, 6.07) is 11.4. The molecule has 4 rings (SSSR count). The van der Waals surface area contributed by atoms with Crippen LogP contribution in [-0.2, 0) is 0 Å². The molecule has 158 valence electrons. The van der Waals surface area contributed by atoms with Crippen LogP contribution in [0, 0.1) is 11.2 Å². The lowest BCUT2D eigenvalue weighted by atomic mass is 10.1. The first-order valence-corrected chi connectivity index (χ1v) is 10.6. The fourth-order valence-corrected chi connectivity index (χ4v) is 4.06. The summed E-state index contributed by atoms with van der Waals surface area (Å²) < 4.78 is 14.4. The number of anilines is 1. The van der Waals surface area contributed by atoms with Crippen LogP contribution in [0.15, 0.2) is 36.4 Å². The van der Waals surface area contributed by atoms with Gasteiger partial charge < -0.3 is 19.8 Å². The van der Waals surface area contributed by atoms with Crippen molar-refractivity contribution in [3.8, 4) is 5.75 Å². The maximum Gasteiger partial charge on any atom is 0.166 e. The van der Waals surface area contributed by atoms with Gasteiger partial charge in [-0.1, -0.05) is 24.3 Å². The van der Waals surface area contributed by atoms with E-state index in [1.165, 1.54) is 24.6 Å². The molecule has 5 nitrogen and oxygen atoms in total. The molecule has 0 amide bonds. The van der Waals surface area contributed by atoms with E-state index in [0.717, 1.165) is 31.7 Å². The fraction of sp³-hybridized carbons (Fsp3) is 0.375. The van der Waals surface area contributed by atoms with Crippen LogP contribution in [0.4, 0.5) is 10.1 Å². The number of halogens is 1. The van der Waals surface area contributed by atoms with Crippen LogP contribution >= 0.6 is 0 Å². The maximum atomic E-state index is 14.4. The summed E-state index contributed by atoms with van der Waals surface area (Å²) in [5.41, 5.74) is 3.14. The van der Waals surface area contributed by atoms with E-state index >= 15 is 0 Å². The number of hydrogen-bond acceptors (Lipinski definition) is 4. The van der Waals surface area contributed by atoms with Gasteiger partial charge in [0.25, 0.3) is 0 Å². The molecule has 2 aliphatic rings. The van der Waals surface area contributed by atoms with Crippen molar-refractivity contribution in [2.24, 2.45) is 0 Å². The van der Waals surface area contributed by atoms with Gasteiger partial charge in [0.2, 0.25) is 0 Å². The Hall–Kier alpha value is -2.86. The first-order chi connectivity index (χ1) is 14.5. The summed E-state index contributed by atoms with van der Waals surface area (Å²) in [6.07, 6.45) is 6.26. The van der Waals surface area contributed by atoms with E-state index in [9.17, 15) is 9.50 Å². The number of likely N-dealkylation sites (N-methyl/N-ethyl adjacent to an activating group) is 1. The van der Waals surface area contributed by atoms with Crippen LogP contribution in [0.5, 0.6) is 5.75 Å². The number of nitrogens with zero attached hydrogens (tertiary/aromatic N) is 3. The van der Waals surface area contributed by atoms with E-state index in [2.05, 4.69) is 34.1 Å². The summed E-state index contributed by atoms with van der Waals surface area (Å²) in [5.74, 6) is -0.980. The summed E-state index contributed by atoms with van der Waals surface area (Å²) in [7, 11) is 2.04. The van der Waals surface area contributed by atoms with Crippen molar-refractivity contribution in [2.75, 3.05) is 51.2 Å². The number of aromatic hydroxyl groups is 1. The van der Waals surface area contributed by atoms with Gasteiger partial charge in [-0.05, 0) is 55.3 Å². The highest BCUT2D eigenvalue weighted by molar-refractivity contribution is 5.99. The zero-order chi connectivity index (χ0) is 21.1. The highest BCUT2D eigenvalue weighted by Crippen LogP contribution is 2.27. The Labute approximate surface area is 177 Å². The normalized spacial score (nSPS) is 17.8. The predicted molar refractivity (Wildman–Crippen MR) is 121 cm³/mol. The first kappa shape index (κ1) is 20.4. The highest BCUT2D eigenvalue weighted by Gasteiger charge is 2.21. The molecule has 0 atom stereocenters. The summed E-state index contributed by atoms with van der Waals surface area (Å²) in [6.45, 7) is 5.31. The molecule has 2 fully saturated rings. The van der Waals surface area contributed by atoms with E-state index in [-0.39, 0.29) is 11.4 Å². The SMILES string of the molecule is CN1CCN(C(=N)c2cc(/C=C/c3ccc(N4CCCC4)cc3)cc(F)c2O)CC1. The minimum Gasteiger partial charge on any atom is -0.504 e. The fourth-order valence-electron chi connectivity index (χ4n) is 4.06. The Balaban J connectivity index is 1.51. The van der Waals surface area contributed by atoms with Gasteiger partial charge in [0.05, 0.1) is 5.56 Å². The zero-order valence-corrected chi connectivity index (χ0v) is 17.4. The Bertz CT molecular complexity index is 927. The van der Waals surface area contributed by atoms with Crippen LogP contribution in [0.3, 0.4) is 0 Å². The predicted octanol–water partition coefficient (Wildman–Crippen LogP) is 3.87. The van der Waals surface area contributed by atoms with Gasteiger partial charge in [-0.2, -0.15) is 0 Å². The number of amidine groups is 1. The number of phenols is 1. The summed E-state index contributed by atoms with van der Waals surface area (Å²) >= 11 is 0. The Morgan fingerprint density at radius 1 is 0.933 bits per heavy atom. The Kier molecular flexibility index (Phi) is 6.04. The van der Waals surface area contributed by atoms with E-state index in [1.807, 2.05) is 24.1 Å². The van der Waals surface area contributed by atoms with Crippen molar-refractivity contribution in [3.63, 3.8) is 0 Å². The van der Waals surface area contributed by atoms with Gasteiger partial charge in [0, 0.05) is 45.0 Å². The zero-order valence-electron chi connectivity index (χ0n) is 17.4. The number of nitrogens with one attached hydrogen (secondary N) is 1. The molecule has 6 heteroatoms. The molecule has 2 aromatic carbocycles. The molecule has 0 aliphatic carbocycles. The smallest absolute Gasteiger partial charge is 0.166 e. The Morgan fingerprint density at radius 3 is 2.23 bits per heavy atom. The molecule has 2 saturated heterocycles. The van der Waals surface area contributed by atoms with Crippen LogP contribution in [0.2, 0.25) is 0 Å². The lowest BCUT2D eigenvalue weighted by molar-refractivity contribution is 0.215. The average molecular weight is 409 g/mol. The molecule has 30 heavy (non-hydrogen) atoms. The van der Waals surface area contributed by atoms with Gasteiger partial charge in [-0.15, -0.1) is 0 Å². The molecule has 0 aromatic heterocycles. The molecule has 0 radical (unpaired) electrons. The third kappa shape index (κ3) is 4.49. The molecular formula is C24H29FN4O. The standard InChI is InChI=1S/C24H29FN4O/c1-27-12-14-29(15-13-27)24(26)21-16-19(17-22(25)23(21)30)5-4-18-6-8-20(9-7-18)28-10-2-3-11-28/h4-9,16-17,26,30H,2-3,10-15H2,1H3/b5-4+,26-24?. The largest absolute Gasteiger partial charge is 0.504 e. The molecule has 0 saturated carbocycles. The highest BCUT2D eigenvalue weighted by atomic mass is 19.1. The van der Waals surface area contributed by atoms with Gasteiger partial charge in [0.1, 0.15) is 5.84 Å². The molecule has 0 spiro atoms. The number of benzene rings is 2. The third-order valence-electron chi connectivity index (χ3n) is 5.99. The van der Waals surface area contributed by atoms with Crippen molar-refractivity contribution < 1.29 is 9.50 Å². The maximum absolute atomic E-state index is 14.4. The van der Waals surface area contributed by atoms with E-state index in [1.54, 1.807) is 6.07 Å². The monoisotopic (exact) mass is 408 g/mol. The second-order valence-corrected chi connectivity index (χ2v) is 8.16. The van der Waals surface area contributed by atoms with Gasteiger partial charge >= 0.3 is 0 Å². The Morgan fingerprint density at radius 2 is 1.57 bits per heavy atom. The number of hydrogen-bond donors (Lipinski definition) is 2. The van der Waals surface area contributed by atoms with Crippen molar-refractivity contribution in [1.82, 2.24) is 9.80 Å². The lowest BCUT2D eigenvalue weighted by Gasteiger charge is -2.34.